The van der Waals surface area contributed by atoms with E-state index in [4.69, 9.17) is 4.74 Å². The third-order valence-corrected chi connectivity index (χ3v) is 10.4. The minimum absolute atomic E-state index is 0.0548. The molecule has 0 bridgehead atoms. The van der Waals surface area contributed by atoms with E-state index in [9.17, 15) is 4.79 Å². The van der Waals surface area contributed by atoms with Gasteiger partial charge < -0.3 is 9.30 Å². The van der Waals surface area contributed by atoms with Gasteiger partial charge in [-0.1, -0.05) is 37.3 Å². The Labute approximate surface area is 234 Å². The lowest BCUT2D eigenvalue weighted by Gasteiger charge is -2.24. The highest BCUT2D eigenvalue weighted by molar-refractivity contribution is 7.98. The molecule has 6 rings (SSSR count). The van der Waals surface area contributed by atoms with Crippen molar-refractivity contribution in [3.05, 3.63) is 53.1 Å². The van der Waals surface area contributed by atoms with Crippen molar-refractivity contribution in [2.45, 2.75) is 61.7 Å². The number of ether oxygens (including phenoxy) is 1. The number of amides is 1. The second-order valence-corrected chi connectivity index (χ2v) is 14.3. The number of hydrogen-bond acceptors (Lipinski definition) is 6. The van der Waals surface area contributed by atoms with Crippen LogP contribution in [0.5, 0.6) is 5.75 Å². The average molecular weight is 551 g/mol. The second kappa shape index (κ2) is 10.1. The van der Waals surface area contributed by atoms with E-state index in [1.54, 1.807) is 7.11 Å². The molecule has 2 unspecified atom stereocenters. The predicted octanol–water partition coefficient (Wildman–Crippen LogP) is 6.67. The van der Waals surface area contributed by atoms with Crippen LogP contribution in [-0.4, -0.2) is 59.1 Å². The van der Waals surface area contributed by atoms with E-state index in [2.05, 4.69) is 58.0 Å². The Hall–Kier alpha value is -2.13. The number of nitrogens with zero attached hydrogens (tertiary/aromatic N) is 3. The summed E-state index contributed by atoms with van der Waals surface area (Å²) in [6.07, 6.45) is 7.53. The number of aromatic nitrogens is 1. The van der Waals surface area contributed by atoms with E-state index >= 15 is 0 Å². The van der Waals surface area contributed by atoms with Crippen LogP contribution in [0.3, 0.4) is 0 Å². The predicted molar refractivity (Wildman–Crippen MR) is 160 cm³/mol. The molecule has 2 heterocycles. The summed E-state index contributed by atoms with van der Waals surface area (Å²) in [7, 11) is 9.92. The number of methoxy groups -OCH3 is 1. The van der Waals surface area contributed by atoms with Crippen LogP contribution in [0.4, 0.5) is 0 Å². The Morgan fingerprint density at radius 3 is 2.55 bits per heavy atom. The quantitative estimate of drug-likeness (QED) is 0.332. The van der Waals surface area contributed by atoms with Gasteiger partial charge in [0.2, 0.25) is 0 Å². The van der Waals surface area contributed by atoms with Crippen molar-refractivity contribution < 1.29 is 9.53 Å². The number of benzene rings is 2. The lowest BCUT2D eigenvalue weighted by atomic mass is 9.81. The number of carbonyl (C=O) groups is 1. The lowest BCUT2D eigenvalue weighted by molar-refractivity contribution is 0.0983. The van der Waals surface area contributed by atoms with Crippen LogP contribution in [-0.2, 0) is 6.54 Å². The van der Waals surface area contributed by atoms with Gasteiger partial charge in [0.1, 0.15) is 5.75 Å². The Kier molecular flexibility index (Phi) is 6.95. The first-order chi connectivity index (χ1) is 18.3. The van der Waals surface area contributed by atoms with E-state index < -0.39 is 0 Å². The van der Waals surface area contributed by atoms with Crippen LogP contribution in [0.25, 0.3) is 22.2 Å². The summed E-state index contributed by atoms with van der Waals surface area (Å²) in [5.74, 6) is 1.91. The molecule has 3 aromatic rings. The van der Waals surface area contributed by atoms with Gasteiger partial charge in [0.25, 0.3) is 5.91 Å². The molecule has 2 saturated carbocycles. The maximum atomic E-state index is 13.1. The minimum atomic E-state index is -0.0548. The maximum absolute atomic E-state index is 13.1. The van der Waals surface area contributed by atoms with Crippen LogP contribution in [0.2, 0.25) is 0 Å². The largest absolute Gasteiger partial charge is 0.497 e. The standard InChI is InChI=1S/C30H38N4O2S2/c1-32(2)37-30-17-25(30)24-16-21(36-5)12-14-22(24)28-27(19-9-7-6-8-10-19)23-13-11-20(15-26(23)34(28)18-30)29(35)31-38-33(3)4/h11-16,19,25H,6-10,17-18H2,1-5H3,(H,31,35). The first-order valence-corrected chi connectivity index (χ1v) is 15.2. The number of carbonyl (C=O) groups excluding carboxylic acids is 1. The van der Waals surface area contributed by atoms with Crippen LogP contribution < -0.4 is 9.46 Å². The molecular formula is C30H38N4O2S2. The molecule has 8 heteroatoms. The monoisotopic (exact) mass is 550 g/mol. The van der Waals surface area contributed by atoms with Crippen molar-refractivity contribution in [1.29, 1.82) is 0 Å². The smallest absolute Gasteiger partial charge is 0.262 e. The summed E-state index contributed by atoms with van der Waals surface area (Å²) in [4.78, 5) is 13.1. The third kappa shape index (κ3) is 4.53. The van der Waals surface area contributed by atoms with Crippen LogP contribution >= 0.6 is 24.1 Å². The molecule has 3 aliphatic rings. The molecule has 202 valence electrons. The van der Waals surface area contributed by atoms with Gasteiger partial charge in [-0.3, -0.25) is 13.8 Å². The molecule has 0 radical (unpaired) electrons. The molecule has 38 heavy (non-hydrogen) atoms. The lowest BCUT2D eigenvalue weighted by Crippen LogP contribution is -2.21. The zero-order valence-electron chi connectivity index (χ0n) is 23.0. The molecule has 1 aromatic heterocycles. The summed E-state index contributed by atoms with van der Waals surface area (Å²) in [5, 5.41) is 1.31. The first-order valence-electron chi connectivity index (χ1n) is 13.7. The third-order valence-electron chi connectivity index (χ3n) is 8.40. The maximum Gasteiger partial charge on any atom is 0.262 e. The number of rotatable bonds is 7. The van der Waals surface area contributed by atoms with Crippen molar-refractivity contribution in [2.24, 2.45) is 0 Å². The van der Waals surface area contributed by atoms with Crippen molar-refractivity contribution in [3.8, 4) is 17.0 Å². The van der Waals surface area contributed by atoms with Gasteiger partial charge >= 0.3 is 0 Å². The molecule has 1 aliphatic heterocycles. The zero-order chi connectivity index (χ0) is 26.6. The summed E-state index contributed by atoms with van der Waals surface area (Å²) in [5.41, 5.74) is 7.53. The topological polar surface area (TPSA) is 49.7 Å². The fourth-order valence-corrected chi connectivity index (χ4v) is 8.55. The molecular weight excluding hydrogens is 512 g/mol. The molecule has 0 spiro atoms. The average Bonchev–Trinajstić information content (AvgIpc) is 3.53. The highest BCUT2D eigenvalue weighted by Gasteiger charge is 2.59. The minimum Gasteiger partial charge on any atom is -0.497 e. The van der Waals surface area contributed by atoms with Crippen molar-refractivity contribution in [2.75, 3.05) is 35.3 Å². The SMILES string of the molecule is COc1ccc2c(c1)C1CC1(SN(C)C)Cn1c-2c(C2CCCCC2)c2ccc(C(=O)NSN(C)C)cc21. The number of nitrogens with one attached hydrogen (secondary N) is 1. The van der Waals surface area contributed by atoms with E-state index in [1.165, 1.54) is 77.5 Å². The summed E-state index contributed by atoms with van der Waals surface area (Å²) in [6, 6.07) is 13.1. The van der Waals surface area contributed by atoms with Gasteiger partial charge in [-0.15, -0.1) is 0 Å². The molecule has 2 fully saturated rings. The van der Waals surface area contributed by atoms with Crippen LogP contribution in [0.15, 0.2) is 36.4 Å². The fraction of sp³-hybridized carbons (Fsp3) is 0.500. The van der Waals surface area contributed by atoms with Gasteiger partial charge in [0.15, 0.2) is 0 Å². The molecule has 0 saturated heterocycles. The summed E-state index contributed by atoms with van der Waals surface area (Å²) in [6.45, 7) is 0.938. The van der Waals surface area contributed by atoms with Crippen molar-refractivity contribution >= 4 is 40.9 Å². The Morgan fingerprint density at radius 2 is 1.84 bits per heavy atom. The van der Waals surface area contributed by atoms with Crippen LogP contribution in [0.1, 0.15) is 71.8 Å². The first kappa shape index (κ1) is 26.1. The molecule has 6 nitrogen and oxygen atoms in total. The molecule has 2 aromatic carbocycles. The van der Waals surface area contributed by atoms with Gasteiger partial charge in [0.05, 0.1) is 17.6 Å². The molecule has 2 aliphatic carbocycles. The van der Waals surface area contributed by atoms with E-state index in [-0.39, 0.29) is 10.7 Å². The van der Waals surface area contributed by atoms with Crippen molar-refractivity contribution in [1.82, 2.24) is 17.9 Å². The normalized spacial score (nSPS) is 22.7. The Balaban J connectivity index is 1.58. The number of fused-ring (bicyclic) bond motifs is 7. The molecule has 1 N–H and O–H groups in total. The summed E-state index contributed by atoms with van der Waals surface area (Å²) >= 11 is 3.28. The Bertz CT molecular complexity index is 1380. The highest BCUT2D eigenvalue weighted by atomic mass is 32.2. The van der Waals surface area contributed by atoms with E-state index in [1.807, 2.05) is 36.4 Å². The summed E-state index contributed by atoms with van der Waals surface area (Å²) < 4.78 is 15.5. The molecule has 1 amide bonds. The van der Waals surface area contributed by atoms with Gasteiger partial charge in [-0.25, -0.2) is 4.31 Å². The second-order valence-electron chi connectivity index (χ2n) is 11.4. The number of hydrogen-bond donors (Lipinski definition) is 1. The van der Waals surface area contributed by atoms with E-state index in [0.29, 0.717) is 17.4 Å². The Morgan fingerprint density at radius 1 is 1.05 bits per heavy atom. The fourth-order valence-electron chi connectivity index (χ4n) is 6.76. The highest BCUT2D eigenvalue weighted by Crippen LogP contribution is 2.66. The van der Waals surface area contributed by atoms with Crippen molar-refractivity contribution in [3.63, 3.8) is 0 Å². The van der Waals surface area contributed by atoms with E-state index in [0.717, 1.165) is 18.7 Å². The van der Waals surface area contributed by atoms with Gasteiger partial charge in [0, 0.05) is 46.6 Å². The zero-order valence-corrected chi connectivity index (χ0v) is 24.7. The van der Waals surface area contributed by atoms with Crippen LogP contribution in [0, 0.1) is 0 Å². The molecule has 2 atom stereocenters. The van der Waals surface area contributed by atoms with Gasteiger partial charge in [-0.2, -0.15) is 0 Å². The van der Waals surface area contributed by atoms with Gasteiger partial charge in [-0.05, 0) is 94.8 Å².